The summed E-state index contributed by atoms with van der Waals surface area (Å²) in [6, 6.07) is 0. The van der Waals surface area contributed by atoms with Crippen LogP contribution in [-0.4, -0.2) is 30.4 Å². The topological polar surface area (TPSA) is 21.3 Å². The number of hydrogen-bond donors (Lipinski definition) is 1. The molecule has 1 N–H and O–H groups in total. The average Bonchev–Trinajstić information content (AvgIpc) is 2.25. The fraction of sp³-hybridized carbons (Fsp3) is 1.00. The average molecular weight is 280 g/mol. The lowest BCUT2D eigenvalue weighted by atomic mass is 9.88. The van der Waals surface area contributed by atoms with Crippen LogP contribution in [0.4, 0.5) is 0 Å². The first-order chi connectivity index (χ1) is 7.49. The van der Waals surface area contributed by atoms with Crippen LogP contribution in [0.5, 0.6) is 0 Å². The number of nitrogens with one attached hydrogen (secondary N) is 1. The summed E-state index contributed by atoms with van der Waals surface area (Å²) in [5.74, 6) is 3.52. The maximum Gasteiger partial charge on any atom is 0.116 e. The van der Waals surface area contributed by atoms with Gasteiger partial charge in [0.05, 0.1) is 6.61 Å². The number of hydrogen-bond acceptors (Lipinski definition) is 3. The van der Waals surface area contributed by atoms with Gasteiger partial charge in [0.2, 0.25) is 0 Å². The van der Waals surface area contributed by atoms with Crippen LogP contribution in [0.2, 0.25) is 0 Å². The second kappa shape index (κ2) is 6.14. The van der Waals surface area contributed by atoms with Gasteiger partial charge in [-0.15, -0.1) is 12.4 Å². The van der Waals surface area contributed by atoms with Crippen molar-refractivity contribution >= 4 is 24.2 Å². The molecule has 4 heteroatoms. The molecule has 2 saturated heterocycles. The molecule has 0 radical (unpaired) electrons. The summed E-state index contributed by atoms with van der Waals surface area (Å²) in [6.07, 6.45) is 3.95. The van der Waals surface area contributed by atoms with E-state index in [1.54, 1.807) is 0 Å². The highest BCUT2D eigenvalue weighted by Gasteiger charge is 2.37. The minimum Gasteiger partial charge on any atom is -0.360 e. The predicted molar refractivity (Wildman–Crippen MR) is 78.1 cm³/mol. The standard InChI is InChI=1S/C13H25NOS.ClH/c1-12(2)9-14-13(3,15-10-12)7-11-5-4-6-16-8-11;/h11,14H,4-10H2,1-3H3;1H. The van der Waals surface area contributed by atoms with Crippen LogP contribution in [0.1, 0.15) is 40.0 Å². The molecule has 102 valence electrons. The first-order valence-electron chi connectivity index (χ1n) is 6.46. The second-order valence-electron chi connectivity index (χ2n) is 6.32. The van der Waals surface area contributed by atoms with Gasteiger partial charge in [0.1, 0.15) is 5.72 Å². The van der Waals surface area contributed by atoms with E-state index in [1.165, 1.54) is 30.8 Å². The largest absolute Gasteiger partial charge is 0.360 e. The van der Waals surface area contributed by atoms with Gasteiger partial charge >= 0.3 is 0 Å². The van der Waals surface area contributed by atoms with E-state index in [0.29, 0.717) is 5.41 Å². The predicted octanol–water partition coefficient (Wildman–Crippen LogP) is 3.30. The minimum absolute atomic E-state index is 0. The van der Waals surface area contributed by atoms with Crippen molar-refractivity contribution in [2.24, 2.45) is 11.3 Å². The second-order valence-corrected chi connectivity index (χ2v) is 7.47. The number of thioether (sulfide) groups is 1. The third kappa shape index (κ3) is 4.62. The zero-order chi connectivity index (χ0) is 11.6. The molecule has 0 spiro atoms. The zero-order valence-electron chi connectivity index (χ0n) is 11.3. The molecule has 0 saturated carbocycles. The van der Waals surface area contributed by atoms with Crippen molar-refractivity contribution in [3.63, 3.8) is 0 Å². The molecule has 0 aromatic heterocycles. The number of ether oxygens (including phenoxy) is 1. The molecule has 2 atom stereocenters. The maximum absolute atomic E-state index is 6.06. The van der Waals surface area contributed by atoms with Crippen molar-refractivity contribution in [1.82, 2.24) is 5.32 Å². The van der Waals surface area contributed by atoms with E-state index in [2.05, 4.69) is 37.8 Å². The van der Waals surface area contributed by atoms with Crippen LogP contribution < -0.4 is 5.32 Å². The van der Waals surface area contributed by atoms with E-state index in [4.69, 9.17) is 4.74 Å². The Morgan fingerprint density at radius 2 is 2.12 bits per heavy atom. The molecule has 2 aliphatic heterocycles. The molecule has 2 fully saturated rings. The van der Waals surface area contributed by atoms with E-state index in [9.17, 15) is 0 Å². The summed E-state index contributed by atoms with van der Waals surface area (Å²) < 4.78 is 6.06. The van der Waals surface area contributed by atoms with E-state index in [1.807, 2.05) is 0 Å². The fourth-order valence-electron chi connectivity index (χ4n) is 2.53. The summed E-state index contributed by atoms with van der Waals surface area (Å²) in [7, 11) is 0. The highest BCUT2D eigenvalue weighted by molar-refractivity contribution is 7.99. The van der Waals surface area contributed by atoms with E-state index in [-0.39, 0.29) is 18.1 Å². The van der Waals surface area contributed by atoms with E-state index >= 15 is 0 Å². The summed E-state index contributed by atoms with van der Waals surface area (Å²) in [6.45, 7) is 8.70. The lowest BCUT2D eigenvalue weighted by Gasteiger charge is -2.44. The van der Waals surface area contributed by atoms with Crippen LogP contribution in [0.25, 0.3) is 0 Å². The molecule has 0 aromatic rings. The fourth-order valence-corrected chi connectivity index (χ4v) is 3.69. The molecule has 0 aromatic carbocycles. The van der Waals surface area contributed by atoms with Gasteiger partial charge in [-0.1, -0.05) is 13.8 Å². The van der Waals surface area contributed by atoms with Crippen LogP contribution in [0.15, 0.2) is 0 Å². The van der Waals surface area contributed by atoms with Crippen LogP contribution >= 0.6 is 24.2 Å². The van der Waals surface area contributed by atoms with Gasteiger partial charge in [0, 0.05) is 12.0 Å². The molecule has 17 heavy (non-hydrogen) atoms. The third-order valence-corrected chi connectivity index (χ3v) is 4.94. The summed E-state index contributed by atoms with van der Waals surface area (Å²) in [4.78, 5) is 0. The molecule has 0 aliphatic carbocycles. The Morgan fingerprint density at radius 1 is 1.35 bits per heavy atom. The molecular formula is C13H26ClNOS. The first kappa shape index (κ1) is 15.6. The van der Waals surface area contributed by atoms with Crippen molar-refractivity contribution < 1.29 is 4.74 Å². The van der Waals surface area contributed by atoms with Gasteiger partial charge in [-0.3, -0.25) is 5.32 Å². The molecule has 2 heterocycles. The van der Waals surface area contributed by atoms with Crippen LogP contribution in [0, 0.1) is 11.3 Å². The first-order valence-corrected chi connectivity index (χ1v) is 7.61. The van der Waals surface area contributed by atoms with Crippen molar-refractivity contribution in [3.05, 3.63) is 0 Å². The normalized spacial score (nSPS) is 37.2. The Labute approximate surface area is 116 Å². The Kier molecular flexibility index (Phi) is 5.64. The smallest absolute Gasteiger partial charge is 0.116 e. The molecule has 2 nitrogen and oxygen atoms in total. The van der Waals surface area contributed by atoms with Gasteiger partial charge in [-0.2, -0.15) is 11.8 Å². The van der Waals surface area contributed by atoms with E-state index < -0.39 is 0 Å². The molecule has 2 rings (SSSR count). The zero-order valence-corrected chi connectivity index (χ0v) is 12.9. The Hall–Kier alpha value is 0.560. The number of rotatable bonds is 2. The lowest BCUT2D eigenvalue weighted by molar-refractivity contribution is -0.136. The molecule has 2 unspecified atom stereocenters. The van der Waals surface area contributed by atoms with Crippen molar-refractivity contribution in [2.75, 3.05) is 24.7 Å². The van der Waals surface area contributed by atoms with Gasteiger partial charge in [0.25, 0.3) is 0 Å². The lowest BCUT2D eigenvalue weighted by Crippen LogP contribution is -2.56. The van der Waals surface area contributed by atoms with Crippen molar-refractivity contribution in [3.8, 4) is 0 Å². The van der Waals surface area contributed by atoms with Gasteiger partial charge in [0.15, 0.2) is 0 Å². The third-order valence-electron chi connectivity index (χ3n) is 3.66. The van der Waals surface area contributed by atoms with Gasteiger partial charge < -0.3 is 4.74 Å². The molecular weight excluding hydrogens is 254 g/mol. The summed E-state index contributed by atoms with van der Waals surface area (Å²) in [5, 5.41) is 3.60. The van der Waals surface area contributed by atoms with E-state index in [0.717, 1.165) is 19.1 Å². The number of halogens is 1. The van der Waals surface area contributed by atoms with Gasteiger partial charge in [-0.05, 0) is 43.6 Å². The van der Waals surface area contributed by atoms with Crippen molar-refractivity contribution in [1.29, 1.82) is 0 Å². The van der Waals surface area contributed by atoms with Crippen molar-refractivity contribution in [2.45, 2.75) is 45.8 Å². The molecule has 0 amide bonds. The minimum atomic E-state index is -0.0713. The SMILES string of the molecule is CC1(C)CNC(C)(CC2CCCSC2)OC1.Cl. The van der Waals surface area contributed by atoms with Crippen LogP contribution in [0.3, 0.4) is 0 Å². The Morgan fingerprint density at radius 3 is 2.65 bits per heavy atom. The highest BCUT2D eigenvalue weighted by atomic mass is 35.5. The summed E-state index contributed by atoms with van der Waals surface area (Å²) >= 11 is 2.11. The summed E-state index contributed by atoms with van der Waals surface area (Å²) in [5.41, 5.74) is 0.221. The quantitative estimate of drug-likeness (QED) is 0.838. The Balaban J connectivity index is 0.00000144. The highest BCUT2D eigenvalue weighted by Crippen LogP contribution is 2.33. The van der Waals surface area contributed by atoms with Gasteiger partial charge in [-0.25, -0.2) is 0 Å². The Bertz CT molecular complexity index is 232. The van der Waals surface area contributed by atoms with Crippen LogP contribution in [-0.2, 0) is 4.74 Å². The molecule has 0 bridgehead atoms. The maximum atomic E-state index is 6.06. The molecule has 2 aliphatic rings. The monoisotopic (exact) mass is 279 g/mol.